The van der Waals surface area contributed by atoms with Crippen LogP contribution in [0, 0.1) is 16.0 Å². The highest BCUT2D eigenvalue weighted by atomic mass is 35.5. The van der Waals surface area contributed by atoms with Gasteiger partial charge in [-0.25, -0.2) is 4.98 Å². The molecule has 1 aromatic carbocycles. The number of hydrogen-bond donors (Lipinski definition) is 1. The SMILES string of the molecule is ClC1=CC(Cl)(OCSc2ccccc2)C(CCn2ccnc2)C=C1.O=[N+]([O-])O. The standard InChI is InChI=1S/C18H18Cl2N2OS.HNO3/c19-16-7-6-15(8-10-22-11-9-21-13-22)18(20,12-16)23-14-24-17-4-2-1-3-5-17;2-1(3)4/h1-7,9,11-13,15H,8,10,14H2;(H,2,3,4). The van der Waals surface area contributed by atoms with Crippen LogP contribution in [-0.4, -0.2) is 30.8 Å². The molecular formula is C18H19Cl2N3O4S. The van der Waals surface area contributed by atoms with Gasteiger partial charge in [0.05, 0.1) is 12.3 Å². The summed E-state index contributed by atoms with van der Waals surface area (Å²) in [5.41, 5.74) is 0. The average molecular weight is 444 g/mol. The number of halogens is 2. The quantitative estimate of drug-likeness (QED) is 0.214. The topological polar surface area (TPSA) is 90.4 Å². The van der Waals surface area contributed by atoms with Crippen molar-refractivity contribution in [3.63, 3.8) is 0 Å². The Morgan fingerprint density at radius 2 is 2.11 bits per heavy atom. The number of hydrogen-bond acceptors (Lipinski definition) is 5. The third kappa shape index (κ3) is 7.55. The molecule has 3 rings (SSSR count). The average Bonchev–Trinajstić information content (AvgIpc) is 3.15. The summed E-state index contributed by atoms with van der Waals surface area (Å²) in [6.07, 6.45) is 12.1. The van der Waals surface area contributed by atoms with Crippen molar-refractivity contribution in [2.75, 3.05) is 5.94 Å². The Hall–Kier alpha value is -2.00. The van der Waals surface area contributed by atoms with Gasteiger partial charge < -0.3 is 14.5 Å². The molecule has 1 aliphatic rings. The minimum Gasteiger partial charge on any atom is -0.344 e. The van der Waals surface area contributed by atoms with Crippen LogP contribution in [0.4, 0.5) is 0 Å². The zero-order valence-corrected chi connectivity index (χ0v) is 17.1. The predicted octanol–water partition coefficient (Wildman–Crippen LogP) is 4.94. The molecule has 0 radical (unpaired) electrons. The van der Waals surface area contributed by atoms with E-state index in [9.17, 15) is 0 Å². The number of alkyl halides is 1. The van der Waals surface area contributed by atoms with Gasteiger partial charge in [-0.2, -0.15) is 0 Å². The molecule has 7 nitrogen and oxygen atoms in total. The summed E-state index contributed by atoms with van der Waals surface area (Å²) in [4.78, 5) is 13.6. The van der Waals surface area contributed by atoms with E-state index >= 15 is 0 Å². The Balaban J connectivity index is 0.000000640. The summed E-state index contributed by atoms with van der Waals surface area (Å²) >= 11 is 14.5. The fourth-order valence-electron chi connectivity index (χ4n) is 2.54. The first-order valence-corrected chi connectivity index (χ1v) is 9.99. The van der Waals surface area contributed by atoms with E-state index in [2.05, 4.69) is 17.1 Å². The third-order valence-corrected chi connectivity index (χ3v) is 5.41. The Bertz CT molecular complexity index is 798. The van der Waals surface area contributed by atoms with Gasteiger partial charge in [0.25, 0.3) is 5.09 Å². The number of aryl methyl sites for hydroxylation is 1. The highest BCUT2D eigenvalue weighted by Crippen LogP contribution is 2.39. The lowest BCUT2D eigenvalue weighted by molar-refractivity contribution is -0.742. The Kier molecular flexibility index (Phi) is 8.85. The number of benzene rings is 1. The van der Waals surface area contributed by atoms with Crippen molar-refractivity contribution >= 4 is 35.0 Å². The second kappa shape index (κ2) is 11.1. The van der Waals surface area contributed by atoms with Crippen LogP contribution in [0.3, 0.4) is 0 Å². The number of imidazole rings is 1. The molecule has 2 atom stereocenters. The third-order valence-electron chi connectivity index (χ3n) is 3.83. The first kappa shape index (κ1) is 22.3. The first-order valence-electron chi connectivity index (χ1n) is 8.25. The van der Waals surface area contributed by atoms with E-state index in [1.807, 2.05) is 41.1 Å². The number of ether oxygens (including phenoxy) is 1. The molecule has 2 aromatic rings. The van der Waals surface area contributed by atoms with Gasteiger partial charge in [-0.3, -0.25) is 0 Å². The largest absolute Gasteiger partial charge is 0.344 e. The molecule has 28 heavy (non-hydrogen) atoms. The molecule has 0 aliphatic heterocycles. The van der Waals surface area contributed by atoms with Crippen molar-refractivity contribution in [2.45, 2.75) is 22.9 Å². The van der Waals surface area contributed by atoms with E-state index in [0.717, 1.165) is 17.9 Å². The maximum Gasteiger partial charge on any atom is 0.291 e. The maximum absolute atomic E-state index is 8.36. The van der Waals surface area contributed by atoms with Crippen molar-refractivity contribution in [1.29, 1.82) is 0 Å². The van der Waals surface area contributed by atoms with E-state index in [1.165, 1.54) is 0 Å². The minimum atomic E-state index is -1.50. The summed E-state index contributed by atoms with van der Waals surface area (Å²) in [7, 11) is 0. The lowest BCUT2D eigenvalue weighted by atomic mass is 9.93. The zero-order valence-electron chi connectivity index (χ0n) is 14.7. The van der Waals surface area contributed by atoms with Gasteiger partial charge in [0.2, 0.25) is 0 Å². The van der Waals surface area contributed by atoms with E-state index < -0.39 is 10.1 Å². The fraction of sp³-hybridized carbons (Fsp3) is 0.278. The molecule has 2 unspecified atom stereocenters. The molecule has 1 heterocycles. The Morgan fingerprint density at radius 1 is 1.39 bits per heavy atom. The van der Waals surface area contributed by atoms with Crippen LogP contribution in [0.25, 0.3) is 0 Å². The number of thioether (sulfide) groups is 1. The van der Waals surface area contributed by atoms with Crippen molar-refractivity contribution in [1.82, 2.24) is 9.55 Å². The molecule has 0 amide bonds. The Morgan fingerprint density at radius 3 is 2.75 bits per heavy atom. The molecule has 0 saturated heterocycles. The van der Waals surface area contributed by atoms with Gasteiger partial charge >= 0.3 is 0 Å². The first-order chi connectivity index (χ1) is 13.4. The summed E-state index contributed by atoms with van der Waals surface area (Å²) < 4.78 is 8.05. The number of rotatable bonds is 7. The maximum atomic E-state index is 8.36. The molecule has 150 valence electrons. The van der Waals surface area contributed by atoms with Crippen LogP contribution >= 0.6 is 35.0 Å². The van der Waals surface area contributed by atoms with Gasteiger partial charge in [-0.05, 0) is 30.7 Å². The summed E-state index contributed by atoms with van der Waals surface area (Å²) in [6, 6.07) is 10.1. The van der Waals surface area contributed by atoms with Crippen molar-refractivity contribution in [3.8, 4) is 0 Å². The number of aromatic nitrogens is 2. The molecule has 10 heteroatoms. The van der Waals surface area contributed by atoms with Crippen molar-refractivity contribution < 1.29 is 15.0 Å². The molecule has 0 saturated carbocycles. The van der Waals surface area contributed by atoms with Crippen LogP contribution in [0.1, 0.15) is 6.42 Å². The molecule has 0 fully saturated rings. The minimum absolute atomic E-state index is 0.0421. The van der Waals surface area contributed by atoms with E-state index in [-0.39, 0.29) is 5.92 Å². The van der Waals surface area contributed by atoms with Gasteiger partial charge in [-0.15, -0.1) is 10.1 Å². The molecule has 1 aliphatic carbocycles. The smallest absolute Gasteiger partial charge is 0.291 e. The second-order valence-corrected chi connectivity index (χ2v) is 7.76. The predicted molar refractivity (Wildman–Crippen MR) is 109 cm³/mol. The molecule has 1 aromatic heterocycles. The highest BCUT2D eigenvalue weighted by Gasteiger charge is 2.36. The van der Waals surface area contributed by atoms with Crippen molar-refractivity contribution in [3.05, 3.63) is 82.4 Å². The molecule has 0 spiro atoms. The summed E-state index contributed by atoms with van der Waals surface area (Å²) in [5.74, 6) is 0.504. The zero-order chi connectivity index (χ0) is 20.4. The monoisotopic (exact) mass is 443 g/mol. The lowest BCUT2D eigenvalue weighted by Crippen LogP contribution is -2.34. The van der Waals surface area contributed by atoms with E-state index in [4.69, 9.17) is 43.3 Å². The second-order valence-electron chi connectivity index (χ2n) is 5.74. The van der Waals surface area contributed by atoms with E-state index in [0.29, 0.717) is 11.0 Å². The van der Waals surface area contributed by atoms with Crippen LogP contribution in [0.5, 0.6) is 0 Å². The molecule has 1 N–H and O–H groups in total. The summed E-state index contributed by atoms with van der Waals surface area (Å²) in [5, 5.41) is 13.3. The van der Waals surface area contributed by atoms with Gasteiger partial charge in [0.1, 0.15) is 0 Å². The van der Waals surface area contributed by atoms with Crippen LogP contribution in [0.2, 0.25) is 0 Å². The summed E-state index contributed by atoms with van der Waals surface area (Å²) in [6.45, 7) is 0.824. The van der Waals surface area contributed by atoms with Crippen LogP contribution < -0.4 is 0 Å². The lowest BCUT2D eigenvalue weighted by Gasteiger charge is -2.33. The van der Waals surface area contributed by atoms with Crippen molar-refractivity contribution in [2.24, 2.45) is 5.92 Å². The van der Waals surface area contributed by atoms with Crippen LogP contribution in [-0.2, 0) is 11.3 Å². The number of nitrogens with zero attached hydrogens (tertiary/aromatic N) is 3. The van der Waals surface area contributed by atoms with Crippen LogP contribution in [0.15, 0.2) is 77.2 Å². The molecular weight excluding hydrogens is 425 g/mol. The fourth-order valence-corrected chi connectivity index (χ4v) is 3.98. The van der Waals surface area contributed by atoms with E-state index in [1.54, 1.807) is 30.4 Å². The van der Waals surface area contributed by atoms with Gasteiger partial charge in [0, 0.05) is 34.8 Å². The Labute approximate surface area is 176 Å². The van der Waals surface area contributed by atoms with Gasteiger partial charge in [0.15, 0.2) is 5.06 Å². The number of allylic oxidation sites excluding steroid dienone is 2. The normalized spacial score (nSPS) is 20.8. The highest BCUT2D eigenvalue weighted by molar-refractivity contribution is 7.99. The molecule has 0 bridgehead atoms. The van der Waals surface area contributed by atoms with Gasteiger partial charge in [-0.1, -0.05) is 59.2 Å².